The Morgan fingerprint density at radius 2 is 1.23 bits per heavy atom. The van der Waals surface area contributed by atoms with Crippen LogP contribution in [-0.4, -0.2) is 52.2 Å². The fourth-order valence-corrected chi connectivity index (χ4v) is 4.96. The predicted octanol–water partition coefficient (Wildman–Crippen LogP) is 8.37. The van der Waals surface area contributed by atoms with Crippen molar-refractivity contribution in [2.24, 2.45) is 0 Å². The van der Waals surface area contributed by atoms with Gasteiger partial charge in [-0.3, -0.25) is 0 Å². The summed E-state index contributed by atoms with van der Waals surface area (Å²) in [6.07, 6.45) is 19.3. The molecule has 6 nitrogen and oxygen atoms in total. The first-order valence-electron chi connectivity index (χ1n) is 15.7. The third kappa shape index (κ3) is 10.1. The maximum Gasteiger partial charge on any atom is 0.349 e. The van der Waals surface area contributed by atoms with Gasteiger partial charge in [-0.05, 0) is 73.0 Å². The van der Waals surface area contributed by atoms with Gasteiger partial charge >= 0.3 is 5.97 Å². The minimum Gasteiger partial charge on any atom is -0.462 e. The Balaban J connectivity index is 2.04. The van der Waals surface area contributed by atoms with Crippen LogP contribution < -0.4 is 9.80 Å². The number of ether oxygens (including phenoxy) is 1. The molecule has 0 radical (unpaired) electrons. The molecule has 2 aromatic rings. The molecule has 0 amide bonds. The highest BCUT2D eigenvalue weighted by Gasteiger charge is 2.22. The van der Waals surface area contributed by atoms with Crippen LogP contribution in [0.15, 0.2) is 95.4 Å². The largest absolute Gasteiger partial charge is 0.462 e. The van der Waals surface area contributed by atoms with Crippen molar-refractivity contribution in [3.63, 3.8) is 0 Å². The molecule has 0 saturated heterocycles. The Labute approximate surface area is 264 Å². The summed E-state index contributed by atoms with van der Waals surface area (Å²) in [5.74, 6) is -0.605. The van der Waals surface area contributed by atoms with Gasteiger partial charge in [-0.1, -0.05) is 75.4 Å². The van der Waals surface area contributed by atoms with E-state index in [1.54, 1.807) is 6.92 Å². The summed E-state index contributed by atoms with van der Waals surface area (Å²) in [5.41, 5.74) is 6.82. The maximum absolute atomic E-state index is 12.8. The molecule has 232 valence electrons. The van der Waals surface area contributed by atoms with Crippen molar-refractivity contribution < 1.29 is 9.53 Å². The number of benzene rings is 2. The second-order valence-corrected chi connectivity index (χ2v) is 11.4. The lowest BCUT2D eigenvalue weighted by atomic mass is 9.99. The van der Waals surface area contributed by atoms with Gasteiger partial charge in [0.2, 0.25) is 0 Å². The molecule has 2 aromatic carbocycles. The van der Waals surface area contributed by atoms with E-state index in [4.69, 9.17) is 4.74 Å². The smallest absolute Gasteiger partial charge is 0.349 e. The molecule has 0 atom stereocenters. The number of esters is 1. The predicted molar refractivity (Wildman–Crippen MR) is 185 cm³/mol. The summed E-state index contributed by atoms with van der Waals surface area (Å²) in [5, 5.41) is 9.99. The molecule has 0 aliphatic carbocycles. The molecule has 3 rings (SSSR count). The lowest BCUT2D eigenvalue weighted by Crippen LogP contribution is -2.25. The third-order valence-electron chi connectivity index (χ3n) is 7.56. The van der Waals surface area contributed by atoms with Gasteiger partial charge in [0, 0.05) is 63.1 Å². The van der Waals surface area contributed by atoms with Crippen LogP contribution in [0, 0.1) is 11.3 Å². The minimum absolute atomic E-state index is 0.00791. The first kappa shape index (κ1) is 34.0. The number of unbranched alkanes of at least 4 members (excludes halogenated alkanes) is 5. The summed E-state index contributed by atoms with van der Waals surface area (Å²) in [4.78, 5) is 19.2. The Kier molecular flexibility index (Phi) is 13.6. The van der Waals surface area contributed by atoms with Crippen LogP contribution >= 0.6 is 0 Å². The van der Waals surface area contributed by atoms with Gasteiger partial charge < -0.3 is 19.4 Å². The lowest BCUT2D eigenvalue weighted by Gasteiger charge is -2.31. The highest BCUT2D eigenvalue weighted by atomic mass is 16.5. The topological polar surface area (TPSA) is 59.8 Å². The average molecular weight is 593 g/mol. The first-order valence-corrected chi connectivity index (χ1v) is 15.7. The average Bonchev–Trinajstić information content (AvgIpc) is 3.02. The van der Waals surface area contributed by atoms with Crippen LogP contribution in [0.4, 0.5) is 11.4 Å². The molecule has 0 N–H and O–H groups in total. The standard InChI is InChI=1S/C38H48N4O2/c1-7-9-10-11-12-13-26-42-35(24-18-30-14-20-33(21-15-30)40(3)4)27-32(37(29-39)38(43)44-8-2)28-36(42)25-19-31-16-22-34(23-17-31)41(5)6/h14-25,27-28H,7-13,26H2,1-6H3/b24-18+,25-19+. The molecule has 0 aromatic heterocycles. The van der Waals surface area contributed by atoms with E-state index in [0.29, 0.717) is 5.57 Å². The molecule has 0 fully saturated rings. The summed E-state index contributed by atoms with van der Waals surface area (Å²) < 4.78 is 5.24. The molecule has 0 bridgehead atoms. The van der Waals surface area contributed by atoms with Gasteiger partial charge in [0.25, 0.3) is 0 Å². The molecule has 0 spiro atoms. The van der Waals surface area contributed by atoms with Crippen LogP contribution in [0.3, 0.4) is 0 Å². The molecule has 0 saturated carbocycles. The molecular weight excluding hydrogens is 544 g/mol. The fraction of sp³-hybridized carbons (Fsp3) is 0.368. The Morgan fingerprint density at radius 1 is 0.750 bits per heavy atom. The highest BCUT2D eigenvalue weighted by molar-refractivity contribution is 5.95. The quantitative estimate of drug-likeness (QED) is 0.0896. The zero-order valence-electron chi connectivity index (χ0n) is 27.3. The van der Waals surface area contributed by atoms with Crippen LogP contribution in [0.2, 0.25) is 0 Å². The zero-order valence-corrected chi connectivity index (χ0v) is 27.3. The second kappa shape index (κ2) is 17.6. The Morgan fingerprint density at radius 3 is 1.66 bits per heavy atom. The van der Waals surface area contributed by atoms with Gasteiger partial charge in [0.1, 0.15) is 11.6 Å². The number of anilines is 2. The van der Waals surface area contributed by atoms with Crippen LogP contribution in [-0.2, 0) is 9.53 Å². The number of nitriles is 1. The third-order valence-corrected chi connectivity index (χ3v) is 7.56. The maximum atomic E-state index is 12.8. The van der Waals surface area contributed by atoms with Crippen molar-refractivity contribution in [1.82, 2.24) is 4.90 Å². The van der Waals surface area contributed by atoms with Gasteiger partial charge in [-0.2, -0.15) is 5.26 Å². The number of hydrogen-bond acceptors (Lipinski definition) is 6. The Bertz CT molecular complexity index is 1340. The summed E-state index contributed by atoms with van der Waals surface area (Å²) >= 11 is 0. The van der Waals surface area contributed by atoms with Crippen LogP contribution in [0.5, 0.6) is 0 Å². The van der Waals surface area contributed by atoms with Gasteiger partial charge in [-0.15, -0.1) is 0 Å². The van der Waals surface area contributed by atoms with Crippen molar-refractivity contribution in [3.8, 4) is 6.07 Å². The normalized spacial score (nSPS) is 13.1. The summed E-state index contributed by atoms with van der Waals surface area (Å²) in [7, 11) is 8.11. The number of nitrogens with zero attached hydrogens (tertiary/aromatic N) is 4. The second-order valence-electron chi connectivity index (χ2n) is 11.4. The molecule has 0 unspecified atom stereocenters. The Hall–Kier alpha value is -4.50. The number of carbonyl (C=O) groups excluding carboxylic acids is 1. The van der Waals surface area contributed by atoms with E-state index in [1.165, 1.54) is 25.7 Å². The van der Waals surface area contributed by atoms with Crippen molar-refractivity contribution in [3.05, 3.63) is 107 Å². The molecular formula is C38H48N4O2. The number of carbonyl (C=O) groups is 1. The number of hydrogen-bond donors (Lipinski definition) is 0. The lowest BCUT2D eigenvalue weighted by molar-refractivity contribution is -0.138. The fourth-order valence-electron chi connectivity index (χ4n) is 4.96. The van der Waals surface area contributed by atoms with Crippen molar-refractivity contribution >= 4 is 29.5 Å². The summed E-state index contributed by atoms with van der Waals surface area (Å²) in [6, 6.07) is 18.9. The van der Waals surface area contributed by atoms with Crippen LogP contribution in [0.1, 0.15) is 63.5 Å². The van der Waals surface area contributed by atoms with Crippen LogP contribution in [0.25, 0.3) is 12.2 Å². The van der Waals surface area contributed by atoms with E-state index >= 15 is 0 Å². The van der Waals surface area contributed by atoms with E-state index in [-0.39, 0.29) is 12.2 Å². The number of rotatable bonds is 15. The van der Waals surface area contributed by atoms with E-state index in [0.717, 1.165) is 53.3 Å². The number of allylic oxidation sites excluding steroid dienone is 5. The molecule has 1 aliphatic rings. The monoisotopic (exact) mass is 592 g/mol. The van der Waals surface area contributed by atoms with Crippen molar-refractivity contribution in [1.29, 1.82) is 5.26 Å². The van der Waals surface area contributed by atoms with Crippen molar-refractivity contribution in [2.75, 3.05) is 51.1 Å². The van der Waals surface area contributed by atoms with E-state index in [1.807, 2.05) is 40.3 Å². The SMILES string of the molecule is CCCCCCCCN1C(/C=C/c2ccc(N(C)C)cc2)=CC(=C(C#N)C(=O)OCC)C=C1/C=C/c1ccc(N(C)C)cc1. The van der Waals surface area contributed by atoms with Gasteiger partial charge in [-0.25, -0.2) is 4.79 Å². The van der Waals surface area contributed by atoms with Gasteiger partial charge in [0.05, 0.1) is 6.61 Å². The summed E-state index contributed by atoms with van der Waals surface area (Å²) in [6.45, 7) is 5.02. The first-order chi connectivity index (χ1) is 21.3. The zero-order chi connectivity index (χ0) is 31.9. The highest BCUT2D eigenvalue weighted by Crippen LogP contribution is 2.29. The molecule has 44 heavy (non-hydrogen) atoms. The van der Waals surface area contributed by atoms with E-state index in [9.17, 15) is 10.1 Å². The molecule has 1 heterocycles. The van der Waals surface area contributed by atoms with E-state index < -0.39 is 5.97 Å². The minimum atomic E-state index is -0.605. The molecule has 1 aliphatic heterocycles. The van der Waals surface area contributed by atoms with E-state index in [2.05, 4.69) is 101 Å². The van der Waals surface area contributed by atoms with Gasteiger partial charge in [0.15, 0.2) is 0 Å². The molecule has 6 heteroatoms. The van der Waals surface area contributed by atoms with Crippen molar-refractivity contribution in [2.45, 2.75) is 52.4 Å².